The molecule has 0 aromatic carbocycles. The molecule has 9 nitrogen and oxygen atoms in total. The molecule has 0 aliphatic carbocycles. The molecule has 0 aromatic heterocycles. The van der Waals surface area contributed by atoms with Gasteiger partial charge in [0.05, 0.1) is 13.2 Å². The number of ether oxygens (including phenoxy) is 2. The minimum absolute atomic E-state index is 0.0393. The van der Waals surface area contributed by atoms with Gasteiger partial charge in [0.1, 0.15) is 6.61 Å². The normalized spacial score (nSPS) is 14.2. The first-order valence-corrected chi connectivity index (χ1v) is 20.9. The zero-order valence-corrected chi connectivity index (χ0v) is 32.7. The van der Waals surface area contributed by atoms with Crippen LogP contribution in [0, 0.1) is 0 Å². The minimum atomic E-state index is -4.39. The molecule has 0 aliphatic rings. The Kier molecular flexibility index (Phi) is 35.4. The Labute approximate surface area is 310 Å². The van der Waals surface area contributed by atoms with Gasteiger partial charge in [0.25, 0.3) is 0 Å². The molecule has 0 spiro atoms. The number of hydrogen-bond acceptors (Lipinski definition) is 8. The topological polar surface area (TPSA) is 134 Å². The number of carbonyl (C=O) groups excluding carboxylic acids is 2. The van der Waals surface area contributed by atoms with Crippen LogP contribution in [0.15, 0.2) is 72.9 Å². The molecule has 292 valence electrons. The minimum Gasteiger partial charge on any atom is -0.462 e. The lowest BCUT2D eigenvalue weighted by molar-refractivity contribution is -0.161. The average Bonchev–Trinajstić information content (AvgIpc) is 3.11. The van der Waals surface area contributed by atoms with E-state index in [1.54, 1.807) is 0 Å². The fourth-order valence-corrected chi connectivity index (χ4v) is 5.54. The van der Waals surface area contributed by atoms with Gasteiger partial charge < -0.3 is 20.1 Å². The van der Waals surface area contributed by atoms with E-state index in [9.17, 15) is 19.0 Å². The monoisotopic (exact) mass is 735 g/mol. The molecule has 0 saturated heterocycles. The molecule has 0 fully saturated rings. The van der Waals surface area contributed by atoms with Crippen LogP contribution < -0.4 is 5.73 Å². The third-order valence-electron chi connectivity index (χ3n) is 7.62. The molecule has 10 heteroatoms. The molecular weight excluding hydrogens is 665 g/mol. The molecule has 0 bridgehead atoms. The van der Waals surface area contributed by atoms with Gasteiger partial charge in [-0.3, -0.25) is 18.6 Å². The molecule has 2 atom stereocenters. The molecule has 0 amide bonds. The van der Waals surface area contributed by atoms with Crippen LogP contribution >= 0.6 is 7.82 Å². The van der Waals surface area contributed by atoms with Crippen LogP contribution in [0.1, 0.15) is 142 Å². The van der Waals surface area contributed by atoms with E-state index >= 15 is 0 Å². The maximum atomic E-state index is 12.5. The molecule has 1 unspecified atom stereocenters. The van der Waals surface area contributed by atoms with Gasteiger partial charge in [-0.1, -0.05) is 151 Å². The summed E-state index contributed by atoms with van der Waals surface area (Å²) in [6.07, 6.45) is 43.8. The third kappa shape index (κ3) is 37.0. The van der Waals surface area contributed by atoms with Crippen LogP contribution in [-0.4, -0.2) is 49.3 Å². The van der Waals surface area contributed by atoms with E-state index in [2.05, 4.69) is 74.6 Å². The largest absolute Gasteiger partial charge is 0.472 e. The lowest BCUT2D eigenvalue weighted by Gasteiger charge is -2.19. The molecule has 0 heterocycles. The maximum Gasteiger partial charge on any atom is 0.472 e. The van der Waals surface area contributed by atoms with Gasteiger partial charge in [-0.05, 0) is 51.4 Å². The summed E-state index contributed by atoms with van der Waals surface area (Å²) >= 11 is 0. The molecule has 0 saturated carbocycles. The summed E-state index contributed by atoms with van der Waals surface area (Å²) in [5, 5.41) is 0. The van der Waals surface area contributed by atoms with Crippen LogP contribution in [-0.2, 0) is 32.7 Å². The van der Waals surface area contributed by atoms with E-state index in [1.165, 1.54) is 51.4 Å². The van der Waals surface area contributed by atoms with Crippen LogP contribution in [0.5, 0.6) is 0 Å². The standard InChI is InChI=1S/C41H70NO8P/c1-3-5-7-9-11-13-15-16-17-18-19-20-21-22-24-26-28-30-32-34-41(44)50-39(38-49-51(45,46)48-36-35-42)37-47-40(43)33-31-29-27-25-23-14-12-10-8-6-4-2/h5,7,11,13,16-17,19-20,22,24,28,30,39H,3-4,6,8-10,12,14-15,18,21,23,25-27,29,31-38,42H2,1-2H3,(H,45,46)/b7-5+,13-11+,17-16+,20-19+,24-22+,30-28+/t39-/m1/s1. The number of rotatable bonds is 35. The van der Waals surface area contributed by atoms with Crippen molar-refractivity contribution in [3.05, 3.63) is 72.9 Å². The smallest absolute Gasteiger partial charge is 0.462 e. The number of unbranched alkanes of at least 4 members (excludes halogenated alkanes) is 10. The first-order valence-electron chi connectivity index (χ1n) is 19.4. The predicted octanol–water partition coefficient (Wildman–Crippen LogP) is 10.7. The number of esters is 2. The highest BCUT2D eigenvalue weighted by Crippen LogP contribution is 2.43. The highest BCUT2D eigenvalue weighted by atomic mass is 31.2. The highest BCUT2D eigenvalue weighted by Gasteiger charge is 2.25. The summed E-state index contributed by atoms with van der Waals surface area (Å²) < 4.78 is 32.5. The van der Waals surface area contributed by atoms with Crippen molar-refractivity contribution in [3.8, 4) is 0 Å². The van der Waals surface area contributed by atoms with E-state index in [1.807, 2.05) is 12.2 Å². The second-order valence-electron chi connectivity index (χ2n) is 12.4. The highest BCUT2D eigenvalue weighted by molar-refractivity contribution is 7.47. The Morgan fingerprint density at radius 1 is 0.608 bits per heavy atom. The van der Waals surface area contributed by atoms with Gasteiger partial charge in [0.2, 0.25) is 0 Å². The van der Waals surface area contributed by atoms with E-state index in [4.69, 9.17) is 24.3 Å². The number of phosphoric ester groups is 1. The van der Waals surface area contributed by atoms with Crippen molar-refractivity contribution in [2.75, 3.05) is 26.4 Å². The summed E-state index contributed by atoms with van der Waals surface area (Å²) in [6.45, 7) is 3.49. The van der Waals surface area contributed by atoms with Gasteiger partial charge in [-0.25, -0.2) is 4.57 Å². The van der Waals surface area contributed by atoms with Gasteiger partial charge in [0, 0.05) is 19.4 Å². The Hall–Kier alpha value is -2.55. The van der Waals surface area contributed by atoms with Gasteiger partial charge >= 0.3 is 19.8 Å². The van der Waals surface area contributed by atoms with Crippen molar-refractivity contribution in [1.29, 1.82) is 0 Å². The Bertz CT molecular complexity index is 1070. The lowest BCUT2D eigenvalue weighted by atomic mass is 10.1. The number of hydrogen-bond donors (Lipinski definition) is 2. The zero-order valence-electron chi connectivity index (χ0n) is 31.8. The first kappa shape index (κ1) is 48.5. The molecular formula is C41H70NO8P. The van der Waals surface area contributed by atoms with Crippen molar-refractivity contribution in [1.82, 2.24) is 0 Å². The SMILES string of the molecule is CC/C=C/C/C=C/C/C=C/C/C=C/C/C=C/C/C=C/CCC(=O)O[C@H](COC(=O)CCCCCCCCCCCCC)COP(=O)(O)OCCN. The van der Waals surface area contributed by atoms with Crippen LogP contribution in [0.4, 0.5) is 0 Å². The molecule has 0 aromatic rings. The number of phosphoric acid groups is 1. The van der Waals surface area contributed by atoms with Crippen LogP contribution in [0.25, 0.3) is 0 Å². The van der Waals surface area contributed by atoms with Crippen molar-refractivity contribution in [3.63, 3.8) is 0 Å². The number of nitrogens with two attached hydrogens (primary N) is 1. The Balaban J connectivity index is 4.36. The summed E-state index contributed by atoms with van der Waals surface area (Å²) in [4.78, 5) is 34.7. The lowest BCUT2D eigenvalue weighted by Crippen LogP contribution is -2.29. The van der Waals surface area contributed by atoms with E-state index < -0.39 is 32.5 Å². The second kappa shape index (κ2) is 37.2. The molecule has 3 N–H and O–H groups in total. The summed E-state index contributed by atoms with van der Waals surface area (Å²) in [7, 11) is -4.39. The first-order chi connectivity index (χ1) is 24.8. The Morgan fingerprint density at radius 3 is 1.57 bits per heavy atom. The van der Waals surface area contributed by atoms with Crippen LogP contribution in [0.3, 0.4) is 0 Å². The summed E-state index contributed by atoms with van der Waals surface area (Å²) in [6, 6.07) is 0. The molecule has 0 rings (SSSR count). The number of allylic oxidation sites excluding steroid dienone is 12. The molecule has 0 radical (unpaired) electrons. The van der Waals surface area contributed by atoms with Crippen molar-refractivity contribution < 1.29 is 37.6 Å². The average molecular weight is 736 g/mol. The number of carbonyl (C=O) groups is 2. The van der Waals surface area contributed by atoms with Gasteiger partial charge in [-0.2, -0.15) is 0 Å². The van der Waals surface area contributed by atoms with Gasteiger partial charge in [-0.15, -0.1) is 0 Å². The zero-order chi connectivity index (χ0) is 37.5. The van der Waals surface area contributed by atoms with Gasteiger partial charge in [0.15, 0.2) is 6.10 Å². The van der Waals surface area contributed by atoms with E-state index in [0.29, 0.717) is 6.42 Å². The second-order valence-corrected chi connectivity index (χ2v) is 13.9. The fourth-order valence-electron chi connectivity index (χ4n) is 4.78. The van der Waals surface area contributed by atoms with Crippen LogP contribution in [0.2, 0.25) is 0 Å². The van der Waals surface area contributed by atoms with E-state index in [0.717, 1.165) is 57.8 Å². The van der Waals surface area contributed by atoms with E-state index in [-0.39, 0.29) is 32.6 Å². The van der Waals surface area contributed by atoms with Crippen molar-refractivity contribution >= 4 is 19.8 Å². The van der Waals surface area contributed by atoms with Crippen molar-refractivity contribution in [2.45, 2.75) is 148 Å². The fraction of sp³-hybridized carbons (Fsp3) is 0.659. The maximum absolute atomic E-state index is 12.5. The quantitative estimate of drug-likeness (QED) is 0.0282. The molecule has 51 heavy (non-hydrogen) atoms. The third-order valence-corrected chi connectivity index (χ3v) is 8.60. The summed E-state index contributed by atoms with van der Waals surface area (Å²) in [5.41, 5.74) is 5.32. The Morgan fingerprint density at radius 2 is 1.08 bits per heavy atom. The summed E-state index contributed by atoms with van der Waals surface area (Å²) in [5.74, 6) is -0.934. The molecule has 0 aliphatic heterocycles. The predicted molar refractivity (Wildman–Crippen MR) is 210 cm³/mol. The van der Waals surface area contributed by atoms with Crippen molar-refractivity contribution in [2.24, 2.45) is 5.73 Å².